The number of hydrogen-bond donors (Lipinski definition) is 2. The lowest BCUT2D eigenvalue weighted by Gasteiger charge is -2.15. The fourth-order valence-corrected chi connectivity index (χ4v) is 3.94. The van der Waals surface area contributed by atoms with Crippen molar-refractivity contribution in [3.63, 3.8) is 0 Å². The minimum absolute atomic E-state index is 0.0219. The zero-order chi connectivity index (χ0) is 25.2. The van der Waals surface area contributed by atoms with Gasteiger partial charge < -0.3 is 19.9 Å². The number of aromatic carboxylic acids is 1. The highest BCUT2D eigenvalue weighted by Crippen LogP contribution is 2.35. The van der Waals surface area contributed by atoms with E-state index in [0.29, 0.717) is 30.2 Å². The quantitative estimate of drug-likeness (QED) is 0.194. The van der Waals surface area contributed by atoms with Crippen molar-refractivity contribution in [2.75, 3.05) is 6.61 Å². The van der Waals surface area contributed by atoms with Crippen LogP contribution in [0.4, 0.5) is 0 Å². The Morgan fingerprint density at radius 2 is 1.77 bits per heavy atom. The molecule has 3 rings (SSSR count). The van der Waals surface area contributed by atoms with Crippen molar-refractivity contribution in [1.29, 1.82) is 5.26 Å². The van der Waals surface area contributed by atoms with Gasteiger partial charge in [-0.15, -0.1) is 0 Å². The molecule has 1 amide bonds. The number of halogens is 1. The molecule has 0 bridgehead atoms. The van der Waals surface area contributed by atoms with E-state index in [0.717, 1.165) is 14.7 Å². The third-order valence-electron chi connectivity index (χ3n) is 4.89. The molecule has 0 fully saturated rings. The number of rotatable bonds is 10. The van der Waals surface area contributed by atoms with Crippen molar-refractivity contribution in [3.05, 3.63) is 98.1 Å². The Hall–Kier alpha value is -3.84. The predicted octanol–water partition coefficient (Wildman–Crippen LogP) is 5.19. The summed E-state index contributed by atoms with van der Waals surface area (Å²) in [6, 6.07) is 21.4. The first-order chi connectivity index (χ1) is 16.9. The molecular formula is C27H23IN2O5. The lowest BCUT2D eigenvalue weighted by Crippen LogP contribution is -2.23. The van der Waals surface area contributed by atoms with Crippen LogP contribution in [0, 0.1) is 14.9 Å². The molecule has 0 aliphatic heterocycles. The molecule has 178 valence electrons. The molecule has 2 N–H and O–H groups in total. The van der Waals surface area contributed by atoms with Gasteiger partial charge in [-0.2, -0.15) is 5.26 Å². The summed E-state index contributed by atoms with van der Waals surface area (Å²) >= 11 is 2.11. The number of carboxylic acid groups (broad SMARTS) is 1. The highest BCUT2D eigenvalue weighted by atomic mass is 127. The fourth-order valence-electron chi connectivity index (χ4n) is 3.16. The molecule has 0 aliphatic rings. The third kappa shape index (κ3) is 7.32. The van der Waals surface area contributed by atoms with Crippen LogP contribution in [-0.2, 0) is 17.9 Å². The van der Waals surface area contributed by atoms with E-state index in [4.69, 9.17) is 14.6 Å². The second-order valence-electron chi connectivity index (χ2n) is 7.39. The molecule has 0 atom stereocenters. The van der Waals surface area contributed by atoms with E-state index in [1.807, 2.05) is 43.3 Å². The fraction of sp³-hybridized carbons (Fsp3) is 0.148. The third-order valence-corrected chi connectivity index (χ3v) is 5.69. The number of nitrogens with one attached hydrogen (secondary N) is 1. The molecule has 0 aliphatic carbocycles. The van der Waals surface area contributed by atoms with Gasteiger partial charge in [-0.25, -0.2) is 4.79 Å². The van der Waals surface area contributed by atoms with E-state index in [9.17, 15) is 14.9 Å². The Balaban J connectivity index is 1.77. The first-order valence-corrected chi connectivity index (χ1v) is 11.8. The summed E-state index contributed by atoms with van der Waals surface area (Å²) in [7, 11) is 0. The van der Waals surface area contributed by atoms with Crippen molar-refractivity contribution < 1.29 is 24.2 Å². The van der Waals surface area contributed by atoms with Crippen LogP contribution in [0.2, 0.25) is 0 Å². The second-order valence-corrected chi connectivity index (χ2v) is 8.55. The molecule has 8 heteroatoms. The maximum atomic E-state index is 12.5. The average molecular weight is 582 g/mol. The number of nitrogens with zero attached hydrogens (tertiary/aromatic N) is 1. The largest absolute Gasteiger partial charge is 0.490 e. The molecule has 35 heavy (non-hydrogen) atoms. The standard InChI is InChI=1S/C27H23IN2O5/c1-2-34-24-14-20(12-22(15-29)26(31)30-16-18-6-4-3-5-7-18)13-23(28)25(24)35-17-19-8-10-21(11-9-19)27(32)33/h3-14H,2,16-17H2,1H3,(H,30,31)(H,32,33)/b22-12+. The number of hydrogen-bond acceptors (Lipinski definition) is 5. The van der Waals surface area contributed by atoms with Crippen LogP contribution >= 0.6 is 22.6 Å². The van der Waals surface area contributed by atoms with Gasteiger partial charge in [-0.1, -0.05) is 42.5 Å². The summed E-state index contributed by atoms with van der Waals surface area (Å²) in [6.07, 6.45) is 1.51. The Bertz CT molecular complexity index is 1270. The van der Waals surface area contributed by atoms with E-state index in [1.54, 1.807) is 24.3 Å². The molecule has 3 aromatic rings. The van der Waals surface area contributed by atoms with Crippen LogP contribution in [0.25, 0.3) is 6.08 Å². The van der Waals surface area contributed by atoms with Gasteiger partial charge in [0.15, 0.2) is 11.5 Å². The SMILES string of the molecule is CCOc1cc(/C=C(\C#N)C(=O)NCc2ccccc2)cc(I)c1OCc1ccc(C(=O)O)cc1. The van der Waals surface area contributed by atoms with E-state index in [1.165, 1.54) is 18.2 Å². The summed E-state index contributed by atoms with van der Waals surface area (Å²) in [6.45, 7) is 2.79. The first-order valence-electron chi connectivity index (χ1n) is 10.8. The van der Waals surface area contributed by atoms with Crippen LogP contribution in [-0.4, -0.2) is 23.6 Å². The van der Waals surface area contributed by atoms with Crippen molar-refractivity contribution in [2.45, 2.75) is 20.1 Å². The van der Waals surface area contributed by atoms with Gasteiger partial charge in [0.1, 0.15) is 18.2 Å². The van der Waals surface area contributed by atoms with Crippen LogP contribution in [0.3, 0.4) is 0 Å². The first kappa shape index (κ1) is 25.8. The Kier molecular flexibility index (Phi) is 9.26. The molecule has 0 unspecified atom stereocenters. The molecule has 3 aromatic carbocycles. The van der Waals surface area contributed by atoms with E-state index >= 15 is 0 Å². The lowest BCUT2D eigenvalue weighted by molar-refractivity contribution is -0.117. The minimum atomic E-state index is -0.986. The van der Waals surface area contributed by atoms with Crippen molar-refractivity contribution in [2.24, 2.45) is 0 Å². The van der Waals surface area contributed by atoms with E-state index < -0.39 is 11.9 Å². The number of ether oxygens (including phenoxy) is 2. The van der Waals surface area contributed by atoms with Crippen LogP contribution in [0.15, 0.2) is 72.3 Å². The number of carbonyl (C=O) groups is 2. The van der Waals surface area contributed by atoms with Crippen molar-refractivity contribution in [1.82, 2.24) is 5.32 Å². The molecular weight excluding hydrogens is 559 g/mol. The summed E-state index contributed by atoms with van der Waals surface area (Å²) < 4.78 is 12.5. The van der Waals surface area contributed by atoms with Gasteiger partial charge in [0, 0.05) is 6.54 Å². The maximum absolute atomic E-state index is 12.5. The topological polar surface area (TPSA) is 109 Å². The van der Waals surface area contributed by atoms with Gasteiger partial charge in [0.2, 0.25) is 0 Å². The van der Waals surface area contributed by atoms with Gasteiger partial charge in [-0.05, 0) is 76.5 Å². The monoisotopic (exact) mass is 582 g/mol. The van der Waals surface area contributed by atoms with Crippen LogP contribution in [0.5, 0.6) is 11.5 Å². The lowest BCUT2D eigenvalue weighted by atomic mass is 10.1. The van der Waals surface area contributed by atoms with Gasteiger partial charge in [-0.3, -0.25) is 4.79 Å². The maximum Gasteiger partial charge on any atom is 0.335 e. The summed E-state index contributed by atoms with van der Waals surface area (Å²) in [4.78, 5) is 23.6. The predicted molar refractivity (Wildman–Crippen MR) is 140 cm³/mol. The Labute approximate surface area is 217 Å². The zero-order valence-corrected chi connectivity index (χ0v) is 21.1. The van der Waals surface area contributed by atoms with Crippen molar-refractivity contribution >= 4 is 40.5 Å². The smallest absolute Gasteiger partial charge is 0.335 e. The number of carbonyl (C=O) groups excluding carboxylic acids is 1. The Morgan fingerprint density at radius 1 is 1.06 bits per heavy atom. The van der Waals surface area contributed by atoms with E-state index in [-0.39, 0.29) is 17.7 Å². The number of carboxylic acids is 1. The molecule has 0 aromatic heterocycles. The molecule has 0 heterocycles. The average Bonchev–Trinajstić information content (AvgIpc) is 2.86. The molecule has 0 saturated heterocycles. The van der Waals surface area contributed by atoms with Crippen LogP contribution in [0.1, 0.15) is 34.0 Å². The van der Waals surface area contributed by atoms with Gasteiger partial charge in [0.05, 0.1) is 15.7 Å². The molecule has 7 nitrogen and oxygen atoms in total. The summed E-state index contributed by atoms with van der Waals surface area (Å²) in [5.41, 5.74) is 2.55. The summed E-state index contributed by atoms with van der Waals surface area (Å²) in [5.74, 6) is -0.442. The van der Waals surface area contributed by atoms with Gasteiger partial charge in [0.25, 0.3) is 5.91 Å². The molecule has 0 spiro atoms. The minimum Gasteiger partial charge on any atom is -0.490 e. The number of nitriles is 1. The van der Waals surface area contributed by atoms with Crippen LogP contribution < -0.4 is 14.8 Å². The molecule has 0 saturated carbocycles. The van der Waals surface area contributed by atoms with E-state index in [2.05, 4.69) is 27.9 Å². The molecule has 0 radical (unpaired) electrons. The normalized spacial score (nSPS) is 10.8. The highest BCUT2D eigenvalue weighted by Gasteiger charge is 2.15. The highest BCUT2D eigenvalue weighted by molar-refractivity contribution is 14.1. The van der Waals surface area contributed by atoms with Crippen molar-refractivity contribution in [3.8, 4) is 17.6 Å². The Morgan fingerprint density at radius 3 is 2.40 bits per heavy atom. The second kappa shape index (κ2) is 12.6. The van der Waals surface area contributed by atoms with Gasteiger partial charge >= 0.3 is 5.97 Å². The number of amides is 1. The number of benzene rings is 3. The summed E-state index contributed by atoms with van der Waals surface area (Å²) in [5, 5.41) is 21.3. The zero-order valence-electron chi connectivity index (χ0n) is 19.0.